The van der Waals surface area contributed by atoms with Gasteiger partial charge in [-0.05, 0) is 49.2 Å². The average molecular weight is 336 g/mol. The zero-order valence-electron chi connectivity index (χ0n) is 13.3. The van der Waals surface area contributed by atoms with Gasteiger partial charge in [-0.2, -0.15) is 5.10 Å². The van der Waals surface area contributed by atoms with Gasteiger partial charge in [-0.3, -0.25) is 4.90 Å². The molecule has 1 aliphatic heterocycles. The number of hydrogen-bond acceptors (Lipinski definition) is 4. The summed E-state index contributed by atoms with van der Waals surface area (Å²) in [5.74, 6) is 0.755. The van der Waals surface area contributed by atoms with Crippen molar-refractivity contribution in [3.63, 3.8) is 0 Å². The number of aromatic nitrogens is 3. The molecule has 2 aromatic rings. The lowest BCUT2D eigenvalue weighted by Gasteiger charge is -2.20. The van der Waals surface area contributed by atoms with E-state index in [1.54, 1.807) is 9.25 Å². The Bertz CT molecular complexity index is 740. The van der Waals surface area contributed by atoms with Crippen LogP contribution >= 0.6 is 12.2 Å². The van der Waals surface area contributed by atoms with Crippen LogP contribution in [-0.4, -0.2) is 36.9 Å². The van der Waals surface area contributed by atoms with Crippen molar-refractivity contribution >= 4 is 12.2 Å². The molecular formula is C16H21FN4OS. The number of halogens is 1. The Hall–Kier alpha value is -1.57. The van der Waals surface area contributed by atoms with Gasteiger partial charge in [-0.15, -0.1) is 0 Å². The molecule has 0 radical (unpaired) electrons. The first-order chi connectivity index (χ1) is 11.0. The number of aliphatic hydroxyl groups is 1. The van der Waals surface area contributed by atoms with E-state index >= 15 is 0 Å². The highest BCUT2D eigenvalue weighted by Gasteiger charge is 2.30. The molecule has 1 aliphatic rings. The van der Waals surface area contributed by atoms with Crippen LogP contribution in [-0.2, 0) is 20.3 Å². The van der Waals surface area contributed by atoms with E-state index in [9.17, 15) is 9.50 Å². The van der Waals surface area contributed by atoms with E-state index in [4.69, 9.17) is 12.2 Å². The summed E-state index contributed by atoms with van der Waals surface area (Å²) >= 11 is 5.37. The van der Waals surface area contributed by atoms with Crippen LogP contribution in [0.2, 0.25) is 0 Å². The number of benzene rings is 1. The van der Waals surface area contributed by atoms with Crippen LogP contribution in [0.5, 0.6) is 0 Å². The lowest BCUT2D eigenvalue weighted by Crippen LogP contribution is -2.30. The predicted octanol–water partition coefficient (Wildman–Crippen LogP) is 2.42. The highest BCUT2D eigenvalue weighted by molar-refractivity contribution is 7.71. The monoisotopic (exact) mass is 336 g/mol. The molecule has 1 fully saturated rings. The summed E-state index contributed by atoms with van der Waals surface area (Å²) in [7, 11) is 1.81. The molecule has 2 unspecified atom stereocenters. The topological polar surface area (TPSA) is 46.2 Å². The SMILES string of the molecule is CC1CC(c2ccc(F)cc2)CN1Cn1nc(CO)n(C)c1=S. The fourth-order valence-electron chi connectivity index (χ4n) is 3.21. The summed E-state index contributed by atoms with van der Waals surface area (Å²) in [6.07, 6.45) is 1.03. The fraction of sp³-hybridized carbons (Fsp3) is 0.500. The maximum absolute atomic E-state index is 13.1. The zero-order chi connectivity index (χ0) is 16.6. The fourth-order valence-corrected chi connectivity index (χ4v) is 3.41. The Kier molecular flexibility index (Phi) is 4.61. The minimum absolute atomic E-state index is 0.124. The number of aliphatic hydroxyl groups excluding tert-OH is 1. The lowest BCUT2D eigenvalue weighted by molar-refractivity contribution is 0.196. The Labute approximate surface area is 140 Å². The zero-order valence-corrected chi connectivity index (χ0v) is 14.1. The molecule has 1 N–H and O–H groups in total. The van der Waals surface area contributed by atoms with Gasteiger partial charge in [0.1, 0.15) is 12.4 Å². The number of nitrogens with zero attached hydrogens (tertiary/aromatic N) is 4. The summed E-state index contributed by atoms with van der Waals surface area (Å²) < 4.78 is 17.2. The second-order valence-electron chi connectivity index (χ2n) is 6.16. The Morgan fingerprint density at radius 2 is 2.04 bits per heavy atom. The van der Waals surface area contributed by atoms with E-state index in [1.807, 2.05) is 19.2 Å². The van der Waals surface area contributed by atoms with Gasteiger partial charge in [-0.1, -0.05) is 12.1 Å². The third-order valence-electron chi connectivity index (χ3n) is 4.63. The van der Waals surface area contributed by atoms with Crippen LogP contribution in [0.15, 0.2) is 24.3 Å². The normalized spacial score (nSPS) is 21.9. The van der Waals surface area contributed by atoms with Crippen molar-refractivity contribution in [1.29, 1.82) is 0 Å². The highest BCUT2D eigenvalue weighted by Crippen LogP contribution is 2.31. The van der Waals surface area contributed by atoms with E-state index in [0.717, 1.165) is 13.0 Å². The van der Waals surface area contributed by atoms with Crippen molar-refractivity contribution in [3.05, 3.63) is 46.2 Å². The van der Waals surface area contributed by atoms with Crippen molar-refractivity contribution < 1.29 is 9.50 Å². The van der Waals surface area contributed by atoms with Crippen LogP contribution in [0.25, 0.3) is 0 Å². The summed E-state index contributed by atoms with van der Waals surface area (Å²) in [6, 6.07) is 7.17. The van der Waals surface area contributed by atoms with E-state index in [-0.39, 0.29) is 12.4 Å². The van der Waals surface area contributed by atoms with E-state index < -0.39 is 0 Å². The molecule has 124 valence electrons. The summed E-state index contributed by atoms with van der Waals surface area (Å²) in [5, 5.41) is 13.7. The summed E-state index contributed by atoms with van der Waals surface area (Å²) in [5.41, 5.74) is 1.17. The second kappa shape index (κ2) is 6.51. The van der Waals surface area contributed by atoms with Gasteiger partial charge in [0.15, 0.2) is 10.6 Å². The Morgan fingerprint density at radius 1 is 1.35 bits per heavy atom. The highest BCUT2D eigenvalue weighted by atomic mass is 32.1. The molecule has 3 rings (SSSR count). The van der Waals surface area contributed by atoms with Gasteiger partial charge >= 0.3 is 0 Å². The summed E-state index contributed by atoms with van der Waals surface area (Å²) in [4.78, 5) is 2.32. The number of likely N-dealkylation sites (tertiary alicyclic amines) is 1. The first-order valence-corrected chi connectivity index (χ1v) is 8.13. The van der Waals surface area contributed by atoms with Crippen LogP contribution in [0.4, 0.5) is 4.39 Å². The largest absolute Gasteiger partial charge is 0.388 e. The molecule has 0 amide bonds. The van der Waals surface area contributed by atoms with Gasteiger partial charge in [0, 0.05) is 19.6 Å². The van der Waals surface area contributed by atoms with Gasteiger partial charge in [0.25, 0.3) is 0 Å². The first kappa shape index (κ1) is 16.3. The lowest BCUT2D eigenvalue weighted by atomic mass is 9.97. The van der Waals surface area contributed by atoms with E-state index in [2.05, 4.69) is 16.9 Å². The molecule has 1 saturated heterocycles. The number of hydrogen-bond donors (Lipinski definition) is 1. The molecular weight excluding hydrogens is 315 g/mol. The van der Waals surface area contributed by atoms with E-state index in [0.29, 0.717) is 29.2 Å². The van der Waals surface area contributed by atoms with Crippen molar-refractivity contribution in [2.24, 2.45) is 7.05 Å². The third-order valence-corrected chi connectivity index (χ3v) is 5.12. The third kappa shape index (κ3) is 3.22. The average Bonchev–Trinajstić information content (AvgIpc) is 3.03. The Morgan fingerprint density at radius 3 is 2.65 bits per heavy atom. The molecule has 1 aromatic heterocycles. The van der Waals surface area contributed by atoms with Crippen LogP contribution in [0.3, 0.4) is 0 Å². The molecule has 0 bridgehead atoms. The molecule has 2 heterocycles. The molecule has 1 aromatic carbocycles. The van der Waals surface area contributed by atoms with Gasteiger partial charge in [0.05, 0.1) is 6.67 Å². The quantitative estimate of drug-likeness (QED) is 0.871. The summed E-state index contributed by atoms with van der Waals surface area (Å²) in [6.45, 7) is 3.55. The molecule has 23 heavy (non-hydrogen) atoms. The molecule has 0 aliphatic carbocycles. The maximum Gasteiger partial charge on any atom is 0.198 e. The van der Waals surface area contributed by atoms with Gasteiger partial charge < -0.3 is 9.67 Å². The maximum atomic E-state index is 13.1. The molecule has 5 nitrogen and oxygen atoms in total. The Balaban J connectivity index is 1.74. The molecule has 7 heteroatoms. The molecule has 2 atom stereocenters. The van der Waals surface area contributed by atoms with Crippen molar-refractivity contribution in [2.45, 2.75) is 38.6 Å². The smallest absolute Gasteiger partial charge is 0.198 e. The minimum atomic E-state index is -0.201. The standard InChI is InChI=1S/C16H21FN4OS/c1-11-7-13(12-3-5-14(17)6-4-12)8-20(11)10-21-16(23)19(2)15(9-22)18-21/h3-6,11,13,22H,7-10H2,1-2H3. The van der Waals surface area contributed by atoms with Crippen molar-refractivity contribution in [3.8, 4) is 0 Å². The van der Waals surface area contributed by atoms with Crippen molar-refractivity contribution in [2.75, 3.05) is 6.54 Å². The van der Waals surface area contributed by atoms with Gasteiger partial charge in [-0.25, -0.2) is 9.07 Å². The number of rotatable bonds is 4. The molecule has 0 spiro atoms. The van der Waals surface area contributed by atoms with E-state index in [1.165, 1.54) is 17.7 Å². The van der Waals surface area contributed by atoms with Gasteiger partial charge in [0.2, 0.25) is 0 Å². The van der Waals surface area contributed by atoms with Crippen molar-refractivity contribution in [1.82, 2.24) is 19.2 Å². The second-order valence-corrected chi connectivity index (χ2v) is 6.53. The van der Waals surface area contributed by atoms with Crippen LogP contribution in [0, 0.1) is 10.6 Å². The first-order valence-electron chi connectivity index (χ1n) is 7.72. The van der Waals surface area contributed by atoms with Crippen LogP contribution in [0.1, 0.15) is 30.7 Å². The predicted molar refractivity (Wildman–Crippen MR) is 87.9 cm³/mol. The molecule has 0 saturated carbocycles. The van der Waals surface area contributed by atoms with Crippen LogP contribution < -0.4 is 0 Å². The minimum Gasteiger partial charge on any atom is -0.388 e.